The predicted molar refractivity (Wildman–Crippen MR) is 131 cm³/mol. The number of halogens is 1. The number of rotatable bonds is 5. The molecule has 0 aromatic carbocycles. The lowest BCUT2D eigenvalue weighted by Crippen LogP contribution is -2.56. The van der Waals surface area contributed by atoms with Gasteiger partial charge in [-0.15, -0.1) is 24.0 Å². The van der Waals surface area contributed by atoms with E-state index in [2.05, 4.69) is 39.5 Å². The summed E-state index contributed by atoms with van der Waals surface area (Å²) in [7, 11) is 6.25. The van der Waals surface area contributed by atoms with Crippen molar-refractivity contribution in [2.75, 3.05) is 40.8 Å². The first-order chi connectivity index (χ1) is 13.5. The van der Waals surface area contributed by atoms with E-state index < -0.39 is 0 Å². The number of amides is 1. The number of nitrogens with zero attached hydrogens (tertiary/aromatic N) is 3. The largest absolute Gasteiger partial charge is 0.355 e. The fraction of sp³-hybridized carbons (Fsp3) is 0.909. The van der Waals surface area contributed by atoms with Crippen molar-refractivity contribution in [2.24, 2.45) is 10.9 Å². The normalized spacial score (nSPS) is 25.6. The molecule has 0 bridgehead atoms. The molecule has 0 aromatic rings. The topological polar surface area (TPSA) is 60.0 Å². The van der Waals surface area contributed by atoms with Crippen LogP contribution in [-0.4, -0.2) is 74.0 Å². The zero-order chi connectivity index (χ0) is 20.0. The van der Waals surface area contributed by atoms with Crippen molar-refractivity contribution in [3.8, 4) is 0 Å². The first kappa shape index (κ1) is 24.7. The number of likely N-dealkylation sites (N-methyl/N-ethyl adjacent to an activating group) is 1. The molecule has 6 nitrogen and oxygen atoms in total. The Morgan fingerprint density at radius 1 is 1.07 bits per heavy atom. The average molecular weight is 520 g/mol. The van der Waals surface area contributed by atoms with Crippen LogP contribution in [0.5, 0.6) is 0 Å². The summed E-state index contributed by atoms with van der Waals surface area (Å²) in [5.41, 5.74) is 0.231. The highest BCUT2D eigenvalue weighted by Crippen LogP contribution is 2.31. The van der Waals surface area contributed by atoms with Gasteiger partial charge < -0.3 is 20.4 Å². The second-order valence-electron chi connectivity index (χ2n) is 9.35. The average Bonchev–Trinajstić information content (AvgIpc) is 3.20. The molecule has 1 saturated heterocycles. The molecule has 7 heteroatoms. The van der Waals surface area contributed by atoms with E-state index in [9.17, 15) is 4.79 Å². The Labute approximate surface area is 194 Å². The highest BCUT2D eigenvalue weighted by molar-refractivity contribution is 14.0. The summed E-state index contributed by atoms with van der Waals surface area (Å²) >= 11 is 0. The van der Waals surface area contributed by atoms with Crippen molar-refractivity contribution in [1.82, 2.24) is 20.4 Å². The second kappa shape index (κ2) is 11.7. The molecule has 2 saturated carbocycles. The van der Waals surface area contributed by atoms with E-state index in [-0.39, 0.29) is 35.4 Å². The fourth-order valence-electron chi connectivity index (χ4n) is 5.31. The van der Waals surface area contributed by atoms with Crippen LogP contribution in [0.4, 0.5) is 0 Å². The van der Waals surface area contributed by atoms with Gasteiger partial charge in [0.2, 0.25) is 5.91 Å². The summed E-state index contributed by atoms with van der Waals surface area (Å²) in [5, 5.41) is 7.17. The minimum absolute atomic E-state index is 0. The van der Waals surface area contributed by atoms with Gasteiger partial charge in [0.15, 0.2) is 5.96 Å². The van der Waals surface area contributed by atoms with Crippen LogP contribution < -0.4 is 10.6 Å². The molecule has 1 heterocycles. The highest BCUT2D eigenvalue weighted by Gasteiger charge is 2.35. The van der Waals surface area contributed by atoms with Crippen molar-refractivity contribution >= 4 is 35.8 Å². The zero-order valence-electron chi connectivity index (χ0n) is 18.7. The van der Waals surface area contributed by atoms with Gasteiger partial charge in [-0.2, -0.15) is 0 Å². The summed E-state index contributed by atoms with van der Waals surface area (Å²) in [5.74, 6) is 1.54. The number of hydrogen-bond acceptors (Lipinski definition) is 3. The van der Waals surface area contributed by atoms with E-state index in [0.717, 1.165) is 44.9 Å². The molecule has 168 valence electrons. The van der Waals surface area contributed by atoms with Gasteiger partial charge in [0.1, 0.15) is 0 Å². The first-order valence-electron chi connectivity index (χ1n) is 11.5. The lowest BCUT2D eigenvalue weighted by molar-refractivity contribution is -0.135. The Bertz CT molecular complexity index is 541. The molecule has 1 amide bonds. The quantitative estimate of drug-likeness (QED) is 0.333. The molecule has 1 unspecified atom stereocenters. The van der Waals surface area contributed by atoms with Crippen LogP contribution in [-0.2, 0) is 4.79 Å². The maximum Gasteiger partial charge on any atom is 0.225 e. The molecule has 0 radical (unpaired) electrons. The molecule has 2 N–H and O–H groups in total. The molecule has 0 aromatic heterocycles. The van der Waals surface area contributed by atoms with Crippen molar-refractivity contribution in [3.05, 3.63) is 0 Å². The number of hydrogen-bond donors (Lipinski definition) is 2. The van der Waals surface area contributed by atoms with E-state index in [0.29, 0.717) is 11.9 Å². The third-order valence-electron chi connectivity index (χ3n) is 7.34. The molecule has 1 atom stereocenters. The SMILES string of the molecule is CN=C(NCC1(N(C)C)CCCCC1)NC1CCN(C(=O)C2CCCCC2)C1.I. The van der Waals surface area contributed by atoms with Gasteiger partial charge in [0.25, 0.3) is 0 Å². The molecule has 0 spiro atoms. The lowest BCUT2D eigenvalue weighted by Gasteiger charge is -2.43. The monoisotopic (exact) mass is 519 g/mol. The van der Waals surface area contributed by atoms with E-state index in [4.69, 9.17) is 0 Å². The van der Waals surface area contributed by atoms with Crippen LogP contribution in [0.1, 0.15) is 70.6 Å². The van der Waals surface area contributed by atoms with Gasteiger partial charge in [-0.1, -0.05) is 38.5 Å². The molecule has 2 aliphatic carbocycles. The van der Waals surface area contributed by atoms with Crippen molar-refractivity contribution in [2.45, 2.75) is 82.2 Å². The Morgan fingerprint density at radius 2 is 1.72 bits per heavy atom. The number of carbonyl (C=O) groups excluding carboxylic acids is 1. The minimum atomic E-state index is 0. The van der Waals surface area contributed by atoms with Crippen LogP contribution in [0.2, 0.25) is 0 Å². The van der Waals surface area contributed by atoms with Crippen LogP contribution in [0, 0.1) is 5.92 Å². The van der Waals surface area contributed by atoms with E-state index in [1.807, 2.05) is 7.05 Å². The summed E-state index contributed by atoms with van der Waals surface area (Å²) in [4.78, 5) is 21.7. The predicted octanol–water partition coefficient (Wildman–Crippen LogP) is 3.22. The van der Waals surface area contributed by atoms with Crippen LogP contribution in [0.3, 0.4) is 0 Å². The first-order valence-corrected chi connectivity index (χ1v) is 11.5. The van der Waals surface area contributed by atoms with Gasteiger partial charge >= 0.3 is 0 Å². The van der Waals surface area contributed by atoms with Crippen LogP contribution >= 0.6 is 24.0 Å². The van der Waals surface area contributed by atoms with Gasteiger partial charge in [-0.3, -0.25) is 9.79 Å². The standard InChI is InChI=1S/C22H41N5O.HI/c1-23-21(24-17-22(26(2)3)13-8-5-9-14-22)25-19-12-15-27(16-19)20(28)18-10-6-4-7-11-18;/h18-19H,4-17H2,1-3H3,(H2,23,24,25);1H. The summed E-state index contributed by atoms with van der Waals surface area (Å²) in [6.07, 6.45) is 13.4. The van der Waals surface area contributed by atoms with E-state index in [1.54, 1.807) is 0 Å². The number of carbonyl (C=O) groups is 1. The van der Waals surface area contributed by atoms with Crippen LogP contribution in [0.15, 0.2) is 4.99 Å². The Kier molecular flexibility index (Phi) is 9.98. The third kappa shape index (κ3) is 6.45. The molecular weight excluding hydrogens is 477 g/mol. The third-order valence-corrected chi connectivity index (χ3v) is 7.34. The fourth-order valence-corrected chi connectivity index (χ4v) is 5.31. The summed E-state index contributed by atoms with van der Waals surface area (Å²) in [6.45, 7) is 2.62. The molecular formula is C22H42IN5O. The van der Waals surface area contributed by atoms with E-state index >= 15 is 0 Å². The van der Waals surface area contributed by atoms with Crippen molar-refractivity contribution in [1.29, 1.82) is 0 Å². The van der Waals surface area contributed by atoms with Crippen LogP contribution in [0.25, 0.3) is 0 Å². The highest BCUT2D eigenvalue weighted by atomic mass is 127. The molecule has 3 rings (SSSR count). The zero-order valence-corrected chi connectivity index (χ0v) is 21.0. The number of guanidine groups is 1. The number of aliphatic imine (C=N–C) groups is 1. The second-order valence-corrected chi connectivity index (χ2v) is 9.35. The molecule has 3 aliphatic rings. The number of likely N-dealkylation sites (tertiary alicyclic amines) is 1. The van der Waals surface area contributed by atoms with Gasteiger partial charge in [0.05, 0.1) is 0 Å². The van der Waals surface area contributed by atoms with Crippen molar-refractivity contribution < 1.29 is 4.79 Å². The Balaban J connectivity index is 0.00000300. The Hall–Kier alpha value is -0.570. The maximum atomic E-state index is 12.8. The smallest absolute Gasteiger partial charge is 0.225 e. The summed E-state index contributed by atoms with van der Waals surface area (Å²) < 4.78 is 0. The molecule has 1 aliphatic heterocycles. The van der Waals surface area contributed by atoms with E-state index in [1.165, 1.54) is 51.4 Å². The number of nitrogens with one attached hydrogen (secondary N) is 2. The maximum absolute atomic E-state index is 12.8. The summed E-state index contributed by atoms with van der Waals surface area (Å²) in [6, 6.07) is 0.306. The van der Waals surface area contributed by atoms with Gasteiger partial charge in [0, 0.05) is 44.2 Å². The minimum Gasteiger partial charge on any atom is -0.355 e. The van der Waals surface area contributed by atoms with Crippen molar-refractivity contribution in [3.63, 3.8) is 0 Å². The van der Waals surface area contributed by atoms with Gasteiger partial charge in [-0.05, 0) is 46.2 Å². The van der Waals surface area contributed by atoms with Gasteiger partial charge in [-0.25, -0.2) is 0 Å². The Morgan fingerprint density at radius 3 is 2.34 bits per heavy atom. The molecule has 29 heavy (non-hydrogen) atoms. The molecule has 3 fully saturated rings. The lowest BCUT2D eigenvalue weighted by atomic mass is 9.80.